The van der Waals surface area contributed by atoms with Gasteiger partial charge < -0.3 is 4.90 Å². The fourth-order valence-corrected chi connectivity index (χ4v) is 2.93. The SMILES string of the molecule is CCCc1cc(SC)cnc1N1CC/C(=N/CC)C1. The summed E-state index contributed by atoms with van der Waals surface area (Å²) in [5.74, 6) is 1.17. The Hall–Kier alpha value is -1.03. The fourth-order valence-electron chi connectivity index (χ4n) is 2.51. The summed E-state index contributed by atoms with van der Waals surface area (Å²) in [7, 11) is 0. The molecular formula is C15H23N3S. The molecule has 0 unspecified atom stereocenters. The van der Waals surface area contributed by atoms with Crippen LogP contribution in [0, 0.1) is 0 Å². The van der Waals surface area contributed by atoms with Crippen molar-refractivity contribution in [1.82, 2.24) is 4.98 Å². The van der Waals surface area contributed by atoms with Crippen molar-refractivity contribution in [3.63, 3.8) is 0 Å². The zero-order valence-electron chi connectivity index (χ0n) is 12.1. The van der Waals surface area contributed by atoms with Crippen LogP contribution in [0.15, 0.2) is 22.2 Å². The van der Waals surface area contributed by atoms with E-state index in [1.165, 1.54) is 22.0 Å². The molecule has 104 valence electrons. The number of rotatable bonds is 5. The summed E-state index contributed by atoms with van der Waals surface area (Å²) >= 11 is 1.76. The molecule has 2 rings (SSSR count). The molecule has 2 heterocycles. The van der Waals surface area contributed by atoms with Crippen LogP contribution in [0.4, 0.5) is 5.82 Å². The number of aliphatic imine (C=N–C) groups is 1. The van der Waals surface area contributed by atoms with Crippen LogP contribution >= 0.6 is 11.8 Å². The lowest BCUT2D eigenvalue weighted by molar-refractivity contribution is 0.865. The van der Waals surface area contributed by atoms with Crippen molar-refractivity contribution >= 4 is 23.3 Å². The molecule has 1 aliphatic rings. The van der Waals surface area contributed by atoms with Gasteiger partial charge in [-0.05, 0) is 31.2 Å². The molecule has 19 heavy (non-hydrogen) atoms. The van der Waals surface area contributed by atoms with E-state index in [9.17, 15) is 0 Å². The Bertz CT molecular complexity index is 457. The molecular weight excluding hydrogens is 254 g/mol. The van der Waals surface area contributed by atoms with E-state index in [1.807, 2.05) is 6.20 Å². The summed E-state index contributed by atoms with van der Waals surface area (Å²) in [6.07, 6.45) is 7.46. The highest BCUT2D eigenvalue weighted by Crippen LogP contribution is 2.26. The third kappa shape index (κ3) is 3.50. The van der Waals surface area contributed by atoms with Gasteiger partial charge in [0.1, 0.15) is 5.82 Å². The minimum atomic E-state index is 0.893. The number of aryl methyl sites for hydroxylation is 1. The van der Waals surface area contributed by atoms with Crippen molar-refractivity contribution in [3.05, 3.63) is 17.8 Å². The Labute approximate surface area is 120 Å². The molecule has 0 spiro atoms. The third-order valence-electron chi connectivity index (χ3n) is 3.40. The van der Waals surface area contributed by atoms with Gasteiger partial charge in [0.05, 0.1) is 6.54 Å². The lowest BCUT2D eigenvalue weighted by Crippen LogP contribution is -2.22. The summed E-state index contributed by atoms with van der Waals surface area (Å²) in [5, 5.41) is 0. The lowest BCUT2D eigenvalue weighted by Gasteiger charge is -2.20. The van der Waals surface area contributed by atoms with Gasteiger partial charge in [0.25, 0.3) is 0 Å². The van der Waals surface area contributed by atoms with E-state index in [0.29, 0.717) is 0 Å². The zero-order valence-corrected chi connectivity index (χ0v) is 13.0. The predicted molar refractivity (Wildman–Crippen MR) is 84.8 cm³/mol. The van der Waals surface area contributed by atoms with Crippen LogP contribution in [0.2, 0.25) is 0 Å². The molecule has 0 radical (unpaired) electrons. The second-order valence-corrected chi connectivity index (χ2v) is 5.70. The standard InChI is InChI=1S/C15H23N3S/c1-4-6-12-9-14(19-3)10-17-15(12)18-8-7-13(11-18)16-5-2/h9-10H,4-8,11H2,1-3H3/b16-13-. The van der Waals surface area contributed by atoms with Crippen LogP contribution in [0.25, 0.3) is 0 Å². The van der Waals surface area contributed by atoms with Crippen molar-refractivity contribution in [2.75, 3.05) is 30.8 Å². The molecule has 0 bridgehead atoms. The molecule has 0 aromatic carbocycles. The lowest BCUT2D eigenvalue weighted by atomic mass is 10.1. The quantitative estimate of drug-likeness (QED) is 0.772. The average molecular weight is 277 g/mol. The van der Waals surface area contributed by atoms with Crippen molar-refractivity contribution in [2.45, 2.75) is 38.0 Å². The monoisotopic (exact) mass is 277 g/mol. The van der Waals surface area contributed by atoms with E-state index in [2.05, 4.69) is 36.1 Å². The van der Waals surface area contributed by atoms with E-state index in [0.717, 1.165) is 38.9 Å². The molecule has 4 heteroatoms. The van der Waals surface area contributed by atoms with Crippen LogP contribution in [-0.2, 0) is 6.42 Å². The Balaban J connectivity index is 2.22. The van der Waals surface area contributed by atoms with Crippen LogP contribution in [0.5, 0.6) is 0 Å². The Kier molecular flexibility index (Phi) is 5.25. The molecule has 0 amide bonds. The maximum Gasteiger partial charge on any atom is 0.132 e. The minimum absolute atomic E-state index is 0.893. The molecule has 3 nitrogen and oxygen atoms in total. The van der Waals surface area contributed by atoms with E-state index in [4.69, 9.17) is 4.98 Å². The molecule has 1 aromatic heterocycles. The molecule has 0 N–H and O–H groups in total. The smallest absolute Gasteiger partial charge is 0.132 e. The number of pyridine rings is 1. The zero-order chi connectivity index (χ0) is 13.7. The molecule has 1 aromatic rings. The number of thioether (sulfide) groups is 1. The molecule has 1 aliphatic heterocycles. The van der Waals surface area contributed by atoms with E-state index >= 15 is 0 Å². The Morgan fingerprint density at radius 1 is 1.42 bits per heavy atom. The van der Waals surface area contributed by atoms with Crippen molar-refractivity contribution in [3.8, 4) is 0 Å². The van der Waals surface area contributed by atoms with Gasteiger partial charge in [-0.1, -0.05) is 13.3 Å². The van der Waals surface area contributed by atoms with Gasteiger partial charge in [0.15, 0.2) is 0 Å². The average Bonchev–Trinajstić information content (AvgIpc) is 2.88. The highest BCUT2D eigenvalue weighted by Gasteiger charge is 2.21. The third-order valence-corrected chi connectivity index (χ3v) is 4.09. The van der Waals surface area contributed by atoms with E-state index in [-0.39, 0.29) is 0 Å². The molecule has 0 atom stereocenters. The summed E-state index contributed by atoms with van der Waals surface area (Å²) in [6.45, 7) is 7.23. The maximum absolute atomic E-state index is 4.69. The molecule has 1 saturated heterocycles. The second kappa shape index (κ2) is 6.94. The summed E-state index contributed by atoms with van der Waals surface area (Å²) in [5.41, 5.74) is 2.70. The first-order valence-electron chi connectivity index (χ1n) is 7.08. The Morgan fingerprint density at radius 3 is 2.95 bits per heavy atom. The van der Waals surface area contributed by atoms with Gasteiger partial charge in [-0.3, -0.25) is 4.99 Å². The molecule has 0 saturated carbocycles. The summed E-state index contributed by atoms with van der Waals surface area (Å²) in [4.78, 5) is 12.9. The fraction of sp³-hybridized carbons (Fsp3) is 0.600. The van der Waals surface area contributed by atoms with Crippen molar-refractivity contribution in [1.29, 1.82) is 0 Å². The number of anilines is 1. The van der Waals surface area contributed by atoms with Gasteiger partial charge in [-0.25, -0.2) is 4.98 Å². The topological polar surface area (TPSA) is 28.5 Å². The minimum Gasteiger partial charge on any atom is -0.350 e. The van der Waals surface area contributed by atoms with Gasteiger partial charge in [0, 0.05) is 36.3 Å². The highest BCUT2D eigenvalue weighted by atomic mass is 32.2. The largest absolute Gasteiger partial charge is 0.350 e. The molecule has 1 fully saturated rings. The normalized spacial score (nSPS) is 17.4. The van der Waals surface area contributed by atoms with Crippen LogP contribution < -0.4 is 4.90 Å². The first-order chi connectivity index (χ1) is 9.28. The van der Waals surface area contributed by atoms with Gasteiger partial charge in [-0.15, -0.1) is 11.8 Å². The van der Waals surface area contributed by atoms with E-state index in [1.54, 1.807) is 11.8 Å². The number of nitrogens with zero attached hydrogens (tertiary/aromatic N) is 3. The highest BCUT2D eigenvalue weighted by molar-refractivity contribution is 7.98. The summed E-state index contributed by atoms with van der Waals surface area (Å²) in [6, 6.07) is 2.30. The Morgan fingerprint density at radius 2 is 2.26 bits per heavy atom. The number of aromatic nitrogens is 1. The van der Waals surface area contributed by atoms with Crippen LogP contribution in [0.1, 0.15) is 32.3 Å². The van der Waals surface area contributed by atoms with Crippen molar-refractivity contribution < 1.29 is 0 Å². The first kappa shape index (κ1) is 14.4. The van der Waals surface area contributed by atoms with Crippen LogP contribution in [-0.4, -0.2) is 36.6 Å². The number of hydrogen-bond donors (Lipinski definition) is 0. The number of hydrogen-bond acceptors (Lipinski definition) is 4. The van der Waals surface area contributed by atoms with Gasteiger partial charge in [0.2, 0.25) is 0 Å². The summed E-state index contributed by atoms with van der Waals surface area (Å²) < 4.78 is 0. The molecule has 0 aliphatic carbocycles. The first-order valence-corrected chi connectivity index (χ1v) is 8.31. The predicted octanol–water partition coefficient (Wildman–Crippen LogP) is 3.43. The van der Waals surface area contributed by atoms with Crippen molar-refractivity contribution in [2.24, 2.45) is 4.99 Å². The van der Waals surface area contributed by atoms with E-state index < -0.39 is 0 Å². The van der Waals surface area contributed by atoms with Gasteiger partial charge in [-0.2, -0.15) is 0 Å². The second-order valence-electron chi connectivity index (χ2n) is 4.82. The van der Waals surface area contributed by atoms with Gasteiger partial charge >= 0.3 is 0 Å². The van der Waals surface area contributed by atoms with Crippen LogP contribution in [0.3, 0.4) is 0 Å². The maximum atomic E-state index is 4.69.